The zero-order valence-corrected chi connectivity index (χ0v) is 13.8. The van der Waals surface area contributed by atoms with E-state index in [-0.39, 0.29) is 0 Å². The molecule has 120 valence electrons. The standard InChI is InChI=1S/C13H23N2O4S2/c14-15-13(20(16,17)11-7-3-1-4-8-11)21(18,19)12-9-5-2-6-10-12/h11-13H,1-10H2/q+1. The highest BCUT2D eigenvalue weighted by molar-refractivity contribution is 8.09. The first-order chi connectivity index (χ1) is 9.90. The van der Waals surface area contributed by atoms with E-state index in [2.05, 4.69) is 4.98 Å². The van der Waals surface area contributed by atoms with Crippen LogP contribution in [0.2, 0.25) is 0 Å². The molecule has 0 unspecified atom stereocenters. The lowest BCUT2D eigenvalue weighted by atomic mass is 10.0. The van der Waals surface area contributed by atoms with Crippen molar-refractivity contribution in [2.75, 3.05) is 0 Å². The van der Waals surface area contributed by atoms with Crippen molar-refractivity contribution in [2.24, 2.45) is 0 Å². The molecule has 6 nitrogen and oxygen atoms in total. The monoisotopic (exact) mass is 335 g/mol. The second-order valence-electron chi connectivity index (χ2n) is 6.12. The Balaban J connectivity index is 2.27. The Morgan fingerprint density at radius 3 is 1.33 bits per heavy atom. The zero-order chi connectivity index (χ0) is 15.5. The Hall–Kier alpha value is -0.680. The highest BCUT2D eigenvalue weighted by Crippen LogP contribution is 2.33. The summed E-state index contributed by atoms with van der Waals surface area (Å²) in [6.45, 7) is 0. The molecule has 2 aliphatic rings. The number of rotatable bonds is 4. The summed E-state index contributed by atoms with van der Waals surface area (Å²) in [6.07, 6.45) is 6.95. The van der Waals surface area contributed by atoms with Crippen molar-refractivity contribution in [1.82, 2.24) is 0 Å². The van der Waals surface area contributed by atoms with Gasteiger partial charge in [-0.25, -0.2) is 16.8 Å². The van der Waals surface area contributed by atoms with Crippen molar-refractivity contribution in [1.29, 1.82) is 5.39 Å². The van der Waals surface area contributed by atoms with Crippen LogP contribution in [0.5, 0.6) is 0 Å². The van der Waals surface area contributed by atoms with Crippen LogP contribution in [-0.4, -0.2) is 32.0 Å². The molecule has 0 bridgehead atoms. The maximum Gasteiger partial charge on any atom is 0.507 e. The third-order valence-electron chi connectivity index (χ3n) is 4.69. The number of hydrogen-bond acceptors (Lipinski definition) is 5. The molecule has 0 atom stereocenters. The minimum absolute atomic E-state index is 0.467. The van der Waals surface area contributed by atoms with E-state index in [4.69, 9.17) is 5.39 Å². The van der Waals surface area contributed by atoms with Crippen molar-refractivity contribution in [3.63, 3.8) is 0 Å². The van der Waals surface area contributed by atoms with E-state index in [1.807, 2.05) is 0 Å². The Morgan fingerprint density at radius 2 is 1.05 bits per heavy atom. The van der Waals surface area contributed by atoms with Gasteiger partial charge in [-0.3, -0.25) is 0 Å². The van der Waals surface area contributed by atoms with Gasteiger partial charge in [0.25, 0.3) is 19.7 Å². The van der Waals surface area contributed by atoms with Crippen LogP contribution in [-0.2, 0) is 19.7 Å². The summed E-state index contributed by atoms with van der Waals surface area (Å²) in [5, 5.41) is 7.75. The van der Waals surface area contributed by atoms with Gasteiger partial charge in [0.1, 0.15) is 0 Å². The van der Waals surface area contributed by atoms with Gasteiger partial charge in [0.2, 0.25) is 5.39 Å². The van der Waals surface area contributed by atoms with Crippen molar-refractivity contribution in [3.05, 3.63) is 4.98 Å². The summed E-state index contributed by atoms with van der Waals surface area (Å²) >= 11 is 0. The smallest absolute Gasteiger partial charge is 0.219 e. The van der Waals surface area contributed by atoms with Gasteiger partial charge in [0.15, 0.2) is 4.98 Å². The van der Waals surface area contributed by atoms with Gasteiger partial charge in [-0.15, -0.1) is 0 Å². The topological polar surface area (TPSA) is 96.4 Å². The maximum absolute atomic E-state index is 12.6. The van der Waals surface area contributed by atoms with Gasteiger partial charge in [0, 0.05) is 0 Å². The van der Waals surface area contributed by atoms with Crippen LogP contribution >= 0.6 is 0 Å². The van der Waals surface area contributed by atoms with E-state index >= 15 is 0 Å². The Kier molecular flexibility index (Phi) is 5.25. The molecule has 0 amide bonds. The molecule has 0 N–H and O–H groups in total. The van der Waals surface area contributed by atoms with Gasteiger partial charge in [-0.2, -0.15) is 0 Å². The number of nitrogens with zero attached hydrogens (tertiary/aromatic N) is 2. The average Bonchev–Trinajstić information content (AvgIpc) is 2.49. The Bertz CT molecular complexity index is 547. The van der Waals surface area contributed by atoms with Gasteiger partial charge in [-0.1, -0.05) is 38.5 Å². The molecule has 0 spiro atoms. The second-order valence-corrected chi connectivity index (χ2v) is 11.0. The minimum Gasteiger partial charge on any atom is -0.219 e. The summed E-state index contributed by atoms with van der Waals surface area (Å²) in [5.74, 6) is 0. The number of diazo groups is 1. The van der Waals surface area contributed by atoms with E-state index < -0.39 is 34.9 Å². The Labute approximate surface area is 126 Å². The second kappa shape index (κ2) is 6.61. The van der Waals surface area contributed by atoms with Gasteiger partial charge >= 0.3 is 4.71 Å². The molecule has 0 heterocycles. The fourth-order valence-corrected chi connectivity index (χ4v) is 8.78. The van der Waals surface area contributed by atoms with Crippen molar-refractivity contribution < 1.29 is 16.8 Å². The van der Waals surface area contributed by atoms with E-state index in [9.17, 15) is 16.8 Å². The summed E-state index contributed by atoms with van der Waals surface area (Å²) in [6, 6.07) is 0. The van der Waals surface area contributed by atoms with Crippen LogP contribution in [0.15, 0.2) is 0 Å². The molecule has 0 aliphatic heterocycles. The van der Waals surface area contributed by atoms with Crippen molar-refractivity contribution in [3.8, 4) is 0 Å². The van der Waals surface area contributed by atoms with Crippen molar-refractivity contribution in [2.45, 2.75) is 79.4 Å². The number of sulfone groups is 2. The molecule has 2 aliphatic carbocycles. The van der Waals surface area contributed by atoms with Gasteiger partial charge < -0.3 is 0 Å². The van der Waals surface area contributed by atoms with Crippen LogP contribution in [0.3, 0.4) is 0 Å². The molecule has 21 heavy (non-hydrogen) atoms. The molecule has 8 heteroatoms. The molecular formula is C13H23N2O4S2+. The van der Waals surface area contributed by atoms with Crippen LogP contribution in [0.4, 0.5) is 0 Å². The lowest BCUT2D eigenvalue weighted by Crippen LogP contribution is -2.41. The fourth-order valence-electron chi connectivity index (χ4n) is 3.43. The van der Waals surface area contributed by atoms with Crippen LogP contribution in [0.1, 0.15) is 64.2 Å². The van der Waals surface area contributed by atoms with E-state index in [1.54, 1.807) is 0 Å². The zero-order valence-electron chi connectivity index (χ0n) is 12.1. The summed E-state index contributed by atoms with van der Waals surface area (Å²) in [7, 11) is -7.97. The third-order valence-corrected chi connectivity index (χ3v) is 10.4. The predicted molar refractivity (Wildman–Crippen MR) is 80.5 cm³/mol. The molecule has 2 saturated carbocycles. The predicted octanol–water partition coefficient (Wildman–Crippen LogP) is 2.62. The first kappa shape index (κ1) is 16.7. The van der Waals surface area contributed by atoms with E-state index in [0.29, 0.717) is 25.7 Å². The largest absolute Gasteiger partial charge is 0.507 e. The normalized spacial score (nSPS) is 23.0. The van der Waals surface area contributed by atoms with Crippen LogP contribution < -0.4 is 0 Å². The molecule has 0 aromatic rings. The highest BCUT2D eigenvalue weighted by Gasteiger charge is 2.55. The average molecular weight is 335 g/mol. The van der Waals surface area contributed by atoms with Crippen LogP contribution in [0.25, 0.3) is 4.98 Å². The molecule has 0 saturated heterocycles. The first-order valence-electron chi connectivity index (χ1n) is 7.70. The molecule has 0 aromatic carbocycles. The van der Waals surface area contributed by atoms with Gasteiger partial charge in [0.05, 0.1) is 10.5 Å². The molecule has 0 aromatic heterocycles. The maximum atomic E-state index is 12.6. The first-order valence-corrected chi connectivity index (χ1v) is 10.9. The quantitative estimate of drug-likeness (QED) is 0.736. The third kappa shape index (κ3) is 3.39. The molecule has 2 fully saturated rings. The van der Waals surface area contributed by atoms with E-state index in [1.165, 1.54) is 0 Å². The van der Waals surface area contributed by atoms with Gasteiger partial charge in [-0.05, 0) is 25.7 Å². The SMILES string of the molecule is N#[N+]C(S(=O)(=O)C1CCCCC1)S(=O)(=O)C1CCCCC1. The summed E-state index contributed by atoms with van der Waals surface area (Å²) in [5.41, 5.74) is 0. The minimum atomic E-state index is -3.99. The van der Waals surface area contributed by atoms with Crippen molar-refractivity contribution >= 4 is 19.7 Å². The van der Waals surface area contributed by atoms with E-state index in [0.717, 1.165) is 38.5 Å². The molecule has 0 radical (unpaired) electrons. The summed E-state index contributed by atoms with van der Waals surface area (Å²) in [4.78, 5) is 2.81. The molecule has 2 rings (SSSR count). The van der Waals surface area contributed by atoms with Crippen LogP contribution in [0, 0.1) is 5.39 Å². The fraction of sp³-hybridized carbons (Fsp3) is 1.00. The summed E-state index contributed by atoms with van der Waals surface area (Å²) < 4.78 is 48.3. The Morgan fingerprint density at radius 1 is 0.714 bits per heavy atom. The lowest BCUT2D eigenvalue weighted by Gasteiger charge is -2.23. The molecular weight excluding hydrogens is 312 g/mol. The highest BCUT2D eigenvalue weighted by atomic mass is 32.3. The number of hydrogen-bond donors (Lipinski definition) is 0. The lowest BCUT2D eigenvalue weighted by molar-refractivity contribution is 0.475.